The van der Waals surface area contributed by atoms with E-state index < -0.39 is 0 Å². The number of likely N-dealkylation sites (N-methyl/N-ethyl adjacent to an activating group) is 1. The third-order valence-corrected chi connectivity index (χ3v) is 5.98. The smallest absolute Gasteiger partial charge is 0.164 e. The van der Waals surface area contributed by atoms with Crippen LogP contribution in [0.4, 0.5) is 5.82 Å². The van der Waals surface area contributed by atoms with Gasteiger partial charge in [-0.1, -0.05) is 13.8 Å². The van der Waals surface area contributed by atoms with Gasteiger partial charge in [0.1, 0.15) is 10.6 Å². The van der Waals surface area contributed by atoms with Crippen LogP contribution in [0.25, 0.3) is 21.6 Å². The van der Waals surface area contributed by atoms with Gasteiger partial charge in [-0.05, 0) is 31.2 Å². The predicted molar refractivity (Wildman–Crippen MR) is 104 cm³/mol. The van der Waals surface area contributed by atoms with Crippen LogP contribution in [-0.2, 0) is 6.42 Å². The van der Waals surface area contributed by atoms with Gasteiger partial charge in [0.15, 0.2) is 5.82 Å². The molecule has 1 saturated heterocycles. The number of anilines is 1. The van der Waals surface area contributed by atoms with Crippen molar-refractivity contribution >= 4 is 27.4 Å². The van der Waals surface area contributed by atoms with Crippen LogP contribution in [0.15, 0.2) is 30.6 Å². The monoisotopic (exact) mass is 353 g/mol. The fourth-order valence-electron chi connectivity index (χ4n) is 3.27. The lowest BCUT2D eigenvalue weighted by Crippen LogP contribution is -2.46. The molecule has 0 atom stereocenters. The molecule has 4 heterocycles. The maximum Gasteiger partial charge on any atom is 0.164 e. The van der Waals surface area contributed by atoms with Gasteiger partial charge >= 0.3 is 0 Å². The van der Waals surface area contributed by atoms with E-state index in [0.717, 1.165) is 61.2 Å². The zero-order valence-electron chi connectivity index (χ0n) is 14.8. The summed E-state index contributed by atoms with van der Waals surface area (Å²) in [5.41, 5.74) is 0.976. The van der Waals surface area contributed by atoms with E-state index in [0.29, 0.717) is 0 Å². The minimum Gasteiger partial charge on any atom is -0.353 e. The SMILES string of the molecule is CCc1cc2c(N3CCN(CC)CC3)nc(-c3cccnc3)nc2s1. The number of hydrogen-bond acceptors (Lipinski definition) is 6. The maximum absolute atomic E-state index is 4.96. The fraction of sp³-hybridized carbons (Fsp3) is 0.421. The van der Waals surface area contributed by atoms with Gasteiger partial charge in [-0.3, -0.25) is 4.98 Å². The van der Waals surface area contributed by atoms with Crippen LogP contribution < -0.4 is 4.90 Å². The second kappa shape index (κ2) is 7.06. The van der Waals surface area contributed by atoms with Crippen LogP contribution in [0, 0.1) is 0 Å². The zero-order chi connectivity index (χ0) is 17.2. The van der Waals surface area contributed by atoms with E-state index in [4.69, 9.17) is 9.97 Å². The minimum atomic E-state index is 0.776. The van der Waals surface area contributed by atoms with Gasteiger partial charge in [-0.15, -0.1) is 11.3 Å². The van der Waals surface area contributed by atoms with Crippen LogP contribution in [-0.4, -0.2) is 52.6 Å². The van der Waals surface area contributed by atoms with Gasteiger partial charge in [0.05, 0.1) is 5.39 Å². The highest BCUT2D eigenvalue weighted by molar-refractivity contribution is 7.18. The third kappa shape index (κ3) is 3.24. The summed E-state index contributed by atoms with van der Waals surface area (Å²) < 4.78 is 0. The average Bonchev–Trinajstić information content (AvgIpc) is 3.11. The van der Waals surface area contributed by atoms with E-state index >= 15 is 0 Å². The Morgan fingerprint density at radius 2 is 1.96 bits per heavy atom. The van der Waals surface area contributed by atoms with Crippen molar-refractivity contribution in [2.24, 2.45) is 0 Å². The van der Waals surface area contributed by atoms with Crippen molar-refractivity contribution in [2.45, 2.75) is 20.3 Å². The lowest BCUT2D eigenvalue weighted by molar-refractivity contribution is 0.271. The van der Waals surface area contributed by atoms with Gasteiger partial charge in [-0.2, -0.15) is 0 Å². The molecule has 1 aliphatic rings. The molecule has 0 saturated carbocycles. The molecular weight excluding hydrogens is 330 g/mol. The molecule has 0 unspecified atom stereocenters. The van der Waals surface area contributed by atoms with Gasteiger partial charge < -0.3 is 9.80 Å². The van der Waals surface area contributed by atoms with Gasteiger partial charge in [0.2, 0.25) is 0 Å². The number of pyridine rings is 1. The van der Waals surface area contributed by atoms with E-state index in [-0.39, 0.29) is 0 Å². The summed E-state index contributed by atoms with van der Waals surface area (Å²) in [6, 6.07) is 6.24. The molecular formula is C19H23N5S. The fourth-order valence-corrected chi connectivity index (χ4v) is 4.23. The van der Waals surface area contributed by atoms with Crippen LogP contribution in [0.2, 0.25) is 0 Å². The molecule has 1 aliphatic heterocycles. The summed E-state index contributed by atoms with van der Waals surface area (Å²) in [7, 11) is 0. The lowest BCUT2D eigenvalue weighted by atomic mass is 10.2. The summed E-state index contributed by atoms with van der Waals surface area (Å²) in [6.07, 6.45) is 4.66. The van der Waals surface area contributed by atoms with Crippen molar-refractivity contribution in [1.29, 1.82) is 0 Å². The molecule has 0 aliphatic carbocycles. The average molecular weight is 353 g/mol. The Kier molecular flexibility index (Phi) is 4.63. The van der Waals surface area contributed by atoms with Crippen molar-refractivity contribution in [3.8, 4) is 11.4 Å². The normalized spacial score (nSPS) is 15.8. The molecule has 0 N–H and O–H groups in total. The van der Waals surface area contributed by atoms with Crippen LogP contribution in [0.1, 0.15) is 18.7 Å². The van der Waals surface area contributed by atoms with Crippen molar-refractivity contribution in [3.63, 3.8) is 0 Å². The molecule has 0 radical (unpaired) electrons. The lowest BCUT2D eigenvalue weighted by Gasteiger charge is -2.35. The molecule has 130 valence electrons. The van der Waals surface area contributed by atoms with Gasteiger partial charge in [0.25, 0.3) is 0 Å². The Morgan fingerprint density at radius 3 is 2.64 bits per heavy atom. The molecule has 0 spiro atoms. The van der Waals surface area contributed by atoms with Gasteiger partial charge in [0, 0.05) is 49.0 Å². The summed E-state index contributed by atoms with van der Waals surface area (Å²) in [6.45, 7) is 9.76. The number of aromatic nitrogens is 3. The number of piperazine rings is 1. The van der Waals surface area contributed by atoms with Crippen molar-refractivity contribution < 1.29 is 0 Å². The van der Waals surface area contributed by atoms with Crippen LogP contribution in [0.3, 0.4) is 0 Å². The highest BCUT2D eigenvalue weighted by Crippen LogP contribution is 2.33. The molecule has 1 fully saturated rings. The molecule has 0 aromatic carbocycles. The van der Waals surface area contributed by atoms with E-state index in [9.17, 15) is 0 Å². The summed E-state index contributed by atoms with van der Waals surface area (Å²) in [4.78, 5) is 21.4. The number of thiophene rings is 1. The summed E-state index contributed by atoms with van der Waals surface area (Å²) in [5, 5.41) is 1.19. The molecule has 0 amide bonds. The van der Waals surface area contributed by atoms with Crippen molar-refractivity contribution in [1.82, 2.24) is 19.9 Å². The number of aryl methyl sites for hydroxylation is 1. The topological polar surface area (TPSA) is 45.2 Å². The van der Waals surface area contributed by atoms with E-state index in [1.807, 2.05) is 18.3 Å². The van der Waals surface area contributed by atoms with Crippen molar-refractivity contribution in [2.75, 3.05) is 37.6 Å². The molecule has 5 nitrogen and oxygen atoms in total. The summed E-state index contributed by atoms with van der Waals surface area (Å²) in [5.74, 6) is 1.86. The first-order chi connectivity index (χ1) is 12.3. The number of nitrogens with zero attached hydrogens (tertiary/aromatic N) is 5. The molecule has 3 aromatic heterocycles. The Bertz CT molecular complexity index is 853. The molecule has 6 heteroatoms. The Labute approximate surface area is 152 Å². The first-order valence-electron chi connectivity index (χ1n) is 8.96. The second-order valence-corrected chi connectivity index (χ2v) is 7.43. The quantitative estimate of drug-likeness (QED) is 0.719. The first-order valence-corrected chi connectivity index (χ1v) is 9.78. The second-order valence-electron chi connectivity index (χ2n) is 6.32. The third-order valence-electron chi connectivity index (χ3n) is 4.81. The number of hydrogen-bond donors (Lipinski definition) is 0. The highest BCUT2D eigenvalue weighted by atomic mass is 32.1. The van der Waals surface area contributed by atoms with E-state index in [2.05, 4.69) is 34.7 Å². The molecule has 25 heavy (non-hydrogen) atoms. The van der Waals surface area contributed by atoms with Gasteiger partial charge in [-0.25, -0.2) is 9.97 Å². The Morgan fingerprint density at radius 1 is 1.12 bits per heavy atom. The zero-order valence-corrected chi connectivity index (χ0v) is 15.6. The predicted octanol–water partition coefficient (Wildman–Crippen LogP) is 3.46. The van der Waals surface area contributed by atoms with Crippen molar-refractivity contribution in [3.05, 3.63) is 35.5 Å². The Hall–Kier alpha value is -2.05. The maximum atomic E-state index is 4.96. The standard InChI is InChI=1S/C19H23N5S/c1-3-15-12-16-18(24-10-8-23(4-2)9-11-24)21-17(22-19(16)25-15)14-6-5-7-20-13-14/h5-7,12-13H,3-4,8-11H2,1-2H3. The van der Waals surface area contributed by atoms with E-state index in [1.54, 1.807) is 17.5 Å². The first kappa shape index (κ1) is 16.4. The number of fused-ring (bicyclic) bond motifs is 1. The molecule has 3 aromatic rings. The van der Waals surface area contributed by atoms with Crippen LogP contribution in [0.5, 0.6) is 0 Å². The number of rotatable bonds is 4. The molecule has 4 rings (SSSR count). The largest absolute Gasteiger partial charge is 0.353 e. The minimum absolute atomic E-state index is 0.776. The highest BCUT2D eigenvalue weighted by Gasteiger charge is 2.21. The van der Waals surface area contributed by atoms with E-state index in [1.165, 1.54) is 10.3 Å². The summed E-state index contributed by atoms with van der Waals surface area (Å²) >= 11 is 1.78. The molecule has 0 bridgehead atoms. The van der Waals surface area contributed by atoms with Crippen LogP contribution >= 0.6 is 11.3 Å². The Balaban J connectivity index is 1.79.